The molecule has 0 bridgehead atoms. The number of ether oxygens (including phenoxy) is 2. The minimum Gasteiger partial charge on any atom is -0.493 e. The maximum absolute atomic E-state index is 11.7. The van der Waals surface area contributed by atoms with Gasteiger partial charge in [0.1, 0.15) is 5.92 Å². The topological polar surface area (TPSA) is 84.9 Å². The molecule has 0 saturated heterocycles. The van der Waals surface area contributed by atoms with E-state index in [1.807, 2.05) is 26.0 Å². The lowest BCUT2D eigenvalue weighted by molar-refractivity contribution is -0.146. The third kappa shape index (κ3) is 4.13. The van der Waals surface area contributed by atoms with Gasteiger partial charge in [0.2, 0.25) is 5.91 Å². The van der Waals surface area contributed by atoms with E-state index in [-0.39, 0.29) is 5.41 Å². The predicted molar refractivity (Wildman–Crippen MR) is 82.4 cm³/mol. The molecule has 2 N–H and O–H groups in total. The largest absolute Gasteiger partial charge is 0.493 e. The second-order valence-electron chi connectivity index (χ2n) is 5.73. The van der Waals surface area contributed by atoms with Crippen LogP contribution >= 0.6 is 0 Å². The second kappa shape index (κ2) is 7.15. The molecule has 22 heavy (non-hydrogen) atoms. The summed E-state index contributed by atoms with van der Waals surface area (Å²) in [5.74, 6) is -1.47. The summed E-state index contributed by atoms with van der Waals surface area (Å²) in [6, 6.07) is 5.55. The number of amides is 1. The molecule has 1 amide bonds. The fourth-order valence-electron chi connectivity index (χ4n) is 1.93. The smallest absolute Gasteiger partial charge is 0.315 e. The van der Waals surface area contributed by atoms with Crippen LogP contribution in [0.15, 0.2) is 18.2 Å². The van der Waals surface area contributed by atoms with Gasteiger partial charge in [0, 0.05) is 12.0 Å². The number of methoxy groups -OCH3 is 2. The number of aliphatic carboxylic acids is 1. The van der Waals surface area contributed by atoms with Crippen molar-refractivity contribution in [1.29, 1.82) is 0 Å². The fourth-order valence-corrected chi connectivity index (χ4v) is 1.93. The molecule has 1 aromatic rings. The first-order chi connectivity index (χ1) is 10.2. The summed E-state index contributed by atoms with van der Waals surface area (Å²) in [6.45, 7) is 5.60. The second-order valence-corrected chi connectivity index (χ2v) is 5.73. The molecule has 0 aromatic heterocycles. The van der Waals surface area contributed by atoms with Crippen molar-refractivity contribution >= 4 is 11.9 Å². The highest BCUT2D eigenvalue weighted by molar-refractivity contribution is 5.96. The van der Waals surface area contributed by atoms with Crippen LogP contribution in [0.1, 0.15) is 26.3 Å². The van der Waals surface area contributed by atoms with Crippen LogP contribution in [0.4, 0.5) is 0 Å². The van der Waals surface area contributed by atoms with Crippen molar-refractivity contribution in [3.05, 3.63) is 23.8 Å². The Hall–Kier alpha value is -2.24. The summed E-state index contributed by atoms with van der Waals surface area (Å²) >= 11 is 0. The molecular formula is C16H23NO5. The van der Waals surface area contributed by atoms with Crippen LogP contribution in [-0.4, -0.2) is 37.7 Å². The van der Waals surface area contributed by atoms with Gasteiger partial charge in [-0.15, -0.1) is 0 Å². The van der Waals surface area contributed by atoms with Crippen LogP contribution in [0.25, 0.3) is 0 Å². The van der Waals surface area contributed by atoms with E-state index >= 15 is 0 Å². The zero-order chi connectivity index (χ0) is 16.9. The minimum atomic E-state index is -1.14. The lowest BCUT2D eigenvalue weighted by Crippen LogP contribution is -2.41. The summed E-state index contributed by atoms with van der Waals surface area (Å²) < 4.78 is 10.5. The van der Waals surface area contributed by atoms with Gasteiger partial charge < -0.3 is 19.9 Å². The molecule has 0 heterocycles. The van der Waals surface area contributed by atoms with Gasteiger partial charge in [0.15, 0.2) is 11.5 Å². The van der Waals surface area contributed by atoms with Gasteiger partial charge in [-0.05, 0) is 24.6 Å². The number of carbonyl (C=O) groups excluding carboxylic acids is 1. The Morgan fingerprint density at radius 2 is 1.82 bits per heavy atom. The summed E-state index contributed by atoms with van der Waals surface area (Å²) in [5, 5.41) is 11.5. The summed E-state index contributed by atoms with van der Waals surface area (Å²) in [4.78, 5) is 22.5. The van der Waals surface area contributed by atoms with E-state index in [9.17, 15) is 9.59 Å². The summed E-state index contributed by atoms with van der Waals surface area (Å²) in [5.41, 5.74) is 0.571. The van der Waals surface area contributed by atoms with Crippen molar-refractivity contribution in [3.8, 4) is 11.5 Å². The fraction of sp³-hybridized carbons (Fsp3) is 0.500. The first-order valence-electron chi connectivity index (χ1n) is 6.96. The van der Waals surface area contributed by atoms with E-state index in [4.69, 9.17) is 14.6 Å². The summed E-state index contributed by atoms with van der Waals surface area (Å²) in [7, 11) is 3.13. The average molecular weight is 309 g/mol. The number of nitrogens with one attached hydrogen (secondary N) is 1. The predicted octanol–water partition coefficient (Wildman–Crippen LogP) is 1.82. The highest BCUT2D eigenvalue weighted by atomic mass is 16.5. The molecule has 122 valence electrons. The van der Waals surface area contributed by atoms with Crippen LogP contribution in [0.3, 0.4) is 0 Å². The van der Waals surface area contributed by atoms with Crippen molar-refractivity contribution in [1.82, 2.24) is 5.32 Å². The van der Waals surface area contributed by atoms with Crippen LogP contribution in [0, 0.1) is 5.92 Å². The number of rotatable bonds is 7. The minimum absolute atomic E-state index is 0.318. The van der Waals surface area contributed by atoms with E-state index in [1.54, 1.807) is 20.3 Å². The Morgan fingerprint density at radius 1 is 1.23 bits per heavy atom. The van der Waals surface area contributed by atoms with Gasteiger partial charge in [-0.25, -0.2) is 0 Å². The van der Waals surface area contributed by atoms with Crippen molar-refractivity contribution < 1.29 is 24.2 Å². The van der Waals surface area contributed by atoms with Crippen LogP contribution in [0.2, 0.25) is 0 Å². The number of benzene rings is 1. The van der Waals surface area contributed by atoms with E-state index < -0.39 is 17.8 Å². The number of carboxylic acids is 1. The van der Waals surface area contributed by atoms with Crippen molar-refractivity contribution in [2.45, 2.75) is 26.2 Å². The maximum atomic E-state index is 11.7. The number of hydrogen-bond acceptors (Lipinski definition) is 4. The summed E-state index contributed by atoms with van der Waals surface area (Å²) in [6.07, 6.45) is 0. The van der Waals surface area contributed by atoms with E-state index in [2.05, 4.69) is 5.32 Å². The monoisotopic (exact) mass is 309 g/mol. The molecule has 0 saturated carbocycles. The Kier molecular flexibility index (Phi) is 5.79. The normalized spacial score (nSPS) is 12.4. The molecule has 0 aliphatic heterocycles. The number of carbonyl (C=O) groups is 2. The zero-order valence-corrected chi connectivity index (χ0v) is 13.6. The molecular weight excluding hydrogens is 286 g/mol. The molecule has 1 atom stereocenters. The molecule has 0 radical (unpaired) electrons. The molecule has 0 aliphatic rings. The van der Waals surface area contributed by atoms with Crippen molar-refractivity contribution in [2.24, 2.45) is 5.92 Å². The van der Waals surface area contributed by atoms with Crippen molar-refractivity contribution in [2.75, 3.05) is 20.8 Å². The first kappa shape index (κ1) is 17.8. The highest BCUT2D eigenvalue weighted by Crippen LogP contribution is 2.32. The number of carboxylic acid groups (broad SMARTS) is 1. The molecule has 6 heteroatoms. The standard InChI is InChI=1S/C16H23NO5/c1-10(15(19)20)14(18)17-9-16(2,3)11-6-7-12(21-4)13(8-11)22-5/h6-8,10H,9H2,1-5H3,(H,17,18)(H,19,20). The Bertz CT molecular complexity index is 553. The lowest BCUT2D eigenvalue weighted by atomic mass is 9.84. The quantitative estimate of drug-likeness (QED) is 0.750. The number of hydrogen-bond donors (Lipinski definition) is 2. The van der Waals surface area contributed by atoms with Gasteiger partial charge >= 0.3 is 5.97 Å². The van der Waals surface area contributed by atoms with Gasteiger partial charge in [0.25, 0.3) is 0 Å². The van der Waals surface area contributed by atoms with Gasteiger partial charge in [-0.1, -0.05) is 19.9 Å². The molecule has 0 aliphatic carbocycles. The third-order valence-corrected chi connectivity index (χ3v) is 3.63. The Balaban J connectivity index is 2.86. The molecule has 1 unspecified atom stereocenters. The first-order valence-corrected chi connectivity index (χ1v) is 6.96. The van der Waals surface area contributed by atoms with Crippen LogP contribution in [-0.2, 0) is 15.0 Å². The SMILES string of the molecule is COc1ccc(C(C)(C)CNC(=O)C(C)C(=O)O)cc1OC. The van der Waals surface area contributed by atoms with Crippen LogP contribution < -0.4 is 14.8 Å². The molecule has 1 rings (SSSR count). The molecule has 0 spiro atoms. The van der Waals surface area contributed by atoms with Gasteiger partial charge in [-0.2, -0.15) is 0 Å². The van der Waals surface area contributed by atoms with E-state index in [1.165, 1.54) is 6.92 Å². The van der Waals surface area contributed by atoms with Crippen molar-refractivity contribution in [3.63, 3.8) is 0 Å². The molecule has 0 fully saturated rings. The Labute approximate surface area is 130 Å². The highest BCUT2D eigenvalue weighted by Gasteiger charge is 2.26. The molecule has 1 aromatic carbocycles. The van der Waals surface area contributed by atoms with Gasteiger partial charge in [0.05, 0.1) is 14.2 Å². The third-order valence-electron chi connectivity index (χ3n) is 3.63. The zero-order valence-electron chi connectivity index (χ0n) is 13.6. The maximum Gasteiger partial charge on any atom is 0.315 e. The van der Waals surface area contributed by atoms with Crippen LogP contribution in [0.5, 0.6) is 11.5 Å². The lowest BCUT2D eigenvalue weighted by Gasteiger charge is -2.27. The van der Waals surface area contributed by atoms with Gasteiger partial charge in [-0.3, -0.25) is 9.59 Å². The Morgan fingerprint density at radius 3 is 2.32 bits per heavy atom. The molecule has 6 nitrogen and oxygen atoms in total. The average Bonchev–Trinajstić information content (AvgIpc) is 2.50. The van der Waals surface area contributed by atoms with E-state index in [0.29, 0.717) is 18.0 Å². The van der Waals surface area contributed by atoms with E-state index in [0.717, 1.165) is 5.56 Å².